The zero-order chi connectivity index (χ0) is 21.4. The van der Waals surface area contributed by atoms with Crippen molar-refractivity contribution in [3.05, 3.63) is 35.4 Å². The second-order valence-electron chi connectivity index (χ2n) is 7.55. The van der Waals surface area contributed by atoms with E-state index in [0.29, 0.717) is 25.5 Å². The van der Waals surface area contributed by atoms with Gasteiger partial charge in [0.15, 0.2) is 5.96 Å². The van der Waals surface area contributed by atoms with Crippen LogP contribution in [-0.4, -0.2) is 57.4 Å². The lowest BCUT2D eigenvalue weighted by Crippen LogP contribution is -2.44. The highest BCUT2D eigenvalue weighted by molar-refractivity contribution is 14.0. The van der Waals surface area contributed by atoms with Gasteiger partial charge < -0.3 is 15.5 Å². The fourth-order valence-electron chi connectivity index (χ4n) is 3.37. The van der Waals surface area contributed by atoms with Crippen LogP contribution in [0.3, 0.4) is 0 Å². The summed E-state index contributed by atoms with van der Waals surface area (Å²) < 4.78 is 27.2. The predicted octanol–water partition coefficient (Wildman–Crippen LogP) is 1.81. The first-order valence-electron chi connectivity index (χ1n) is 10.1. The summed E-state index contributed by atoms with van der Waals surface area (Å²) in [6.45, 7) is 7.36. The molecule has 170 valence electrons. The van der Waals surface area contributed by atoms with Crippen molar-refractivity contribution in [1.29, 1.82) is 0 Å². The maximum absolute atomic E-state index is 12.3. The summed E-state index contributed by atoms with van der Waals surface area (Å²) in [6.07, 6.45) is 1.40. The Morgan fingerprint density at radius 2 is 1.93 bits per heavy atom. The number of hydrogen-bond acceptors (Lipinski definition) is 4. The summed E-state index contributed by atoms with van der Waals surface area (Å²) in [6, 6.07) is 7.50. The van der Waals surface area contributed by atoms with Gasteiger partial charge in [-0.25, -0.2) is 13.1 Å². The summed E-state index contributed by atoms with van der Waals surface area (Å²) in [5, 5.41) is 6.61. The number of amides is 1. The molecule has 2 rings (SSSR count). The first-order chi connectivity index (χ1) is 13.7. The van der Waals surface area contributed by atoms with E-state index in [-0.39, 0.29) is 47.7 Å². The Labute approximate surface area is 197 Å². The topological polar surface area (TPSA) is 103 Å². The number of guanidine groups is 1. The normalized spacial score (nSPS) is 17.0. The molecule has 1 aliphatic heterocycles. The smallest absolute Gasteiger partial charge is 0.222 e. The van der Waals surface area contributed by atoms with E-state index in [2.05, 4.69) is 20.3 Å². The zero-order valence-corrected chi connectivity index (χ0v) is 21.3. The number of likely N-dealkylation sites (tertiary alicyclic amines) is 1. The Hall–Kier alpha value is -1.40. The van der Waals surface area contributed by atoms with Crippen LogP contribution in [0, 0.1) is 0 Å². The number of sulfonamides is 1. The lowest BCUT2D eigenvalue weighted by molar-refractivity contribution is -0.129. The van der Waals surface area contributed by atoms with Gasteiger partial charge in [0.05, 0.1) is 5.75 Å². The molecular weight excluding hydrogens is 517 g/mol. The number of nitrogens with one attached hydrogen (secondary N) is 3. The van der Waals surface area contributed by atoms with Crippen molar-refractivity contribution >= 4 is 45.9 Å². The van der Waals surface area contributed by atoms with Gasteiger partial charge in [0.25, 0.3) is 0 Å². The van der Waals surface area contributed by atoms with E-state index < -0.39 is 10.0 Å². The van der Waals surface area contributed by atoms with Crippen LogP contribution in [0.4, 0.5) is 0 Å². The third-order valence-electron chi connectivity index (χ3n) is 4.73. The van der Waals surface area contributed by atoms with Crippen LogP contribution >= 0.6 is 24.0 Å². The molecule has 1 unspecified atom stereocenters. The van der Waals surface area contributed by atoms with Crippen LogP contribution in [0.1, 0.15) is 44.7 Å². The third-order valence-corrected chi connectivity index (χ3v) is 6.25. The fraction of sp³-hybridized carbons (Fsp3) is 0.600. The maximum atomic E-state index is 12.3. The van der Waals surface area contributed by atoms with Crippen molar-refractivity contribution in [3.63, 3.8) is 0 Å². The van der Waals surface area contributed by atoms with Gasteiger partial charge in [-0.15, -0.1) is 24.0 Å². The molecule has 0 aliphatic carbocycles. The minimum Gasteiger partial charge on any atom is -0.352 e. The van der Waals surface area contributed by atoms with Gasteiger partial charge in [-0.1, -0.05) is 31.2 Å². The molecule has 3 N–H and O–H groups in total. The minimum atomic E-state index is -3.40. The third kappa shape index (κ3) is 8.38. The maximum Gasteiger partial charge on any atom is 0.222 e. The highest BCUT2D eigenvalue weighted by atomic mass is 127. The van der Waals surface area contributed by atoms with Crippen LogP contribution in [0.25, 0.3) is 0 Å². The average Bonchev–Trinajstić information content (AvgIpc) is 3.12. The Balaban J connectivity index is 0.00000450. The predicted molar refractivity (Wildman–Crippen MR) is 131 cm³/mol. The van der Waals surface area contributed by atoms with Gasteiger partial charge in [0.1, 0.15) is 0 Å². The van der Waals surface area contributed by atoms with E-state index in [4.69, 9.17) is 0 Å². The highest BCUT2D eigenvalue weighted by Gasteiger charge is 2.25. The van der Waals surface area contributed by atoms with Gasteiger partial charge in [-0.2, -0.15) is 0 Å². The Morgan fingerprint density at radius 3 is 2.53 bits per heavy atom. The Kier molecular flexibility index (Phi) is 11.1. The second-order valence-corrected chi connectivity index (χ2v) is 9.30. The SMILES string of the molecule is CCC(=O)N1CCC(NC(=NC)NCc2ccccc2CS(=O)(=O)NC(C)C)C1.I. The van der Waals surface area contributed by atoms with E-state index in [0.717, 1.165) is 24.1 Å². The quantitative estimate of drug-likeness (QED) is 0.260. The average molecular weight is 551 g/mol. The summed E-state index contributed by atoms with van der Waals surface area (Å²) in [5.74, 6) is 0.743. The van der Waals surface area contributed by atoms with Crippen LogP contribution in [0.15, 0.2) is 29.3 Å². The molecule has 10 heteroatoms. The largest absolute Gasteiger partial charge is 0.352 e. The number of hydrogen-bond donors (Lipinski definition) is 3. The first-order valence-corrected chi connectivity index (χ1v) is 11.7. The number of aliphatic imine (C=N–C) groups is 1. The summed E-state index contributed by atoms with van der Waals surface area (Å²) >= 11 is 0. The van der Waals surface area contributed by atoms with Crippen molar-refractivity contribution in [1.82, 2.24) is 20.3 Å². The summed E-state index contributed by atoms with van der Waals surface area (Å²) in [4.78, 5) is 18.0. The molecule has 30 heavy (non-hydrogen) atoms. The van der Waals surface area contributed by atoms with Crippen molar-refractivity contribution < 1.29 is 13.2 Å². The monoisotopic (exact) mass is 551 g/mol. The molecule has 1 heterocycles. The van der Waals surface area contributed by atoms with Crippen LogP contribution in [-0.2, 0) is 27.1 Å². The van der Waals surface area contributed by atoms with E-state index in [1.54, 1.807) is 20.9 Å². The molecule has 1 amide bonds. The summed E-state index contributed by atoms with van der Waals surface area (Å²) in [7, 11) is -1.70. The molecule has 0 spiro atoms. The Bertz CT molecular complexity index is 829. The van der Waals surface area contributed by atoms with Crippen LogP contribution in [0.5, 0.6) is 0 Å². The molecular formula is C20H34IN5O3S. The van der Waals surface area contributed by atoms with Crippen molar-refractivity contribution in [2.24, 2.45) is 4.99 Å². The lowest BCUT2D eigenvalue weighted by Gasteiger charge is -2.19. The molecule has 8 nitrogen and oxygen atoms in total. The Morgan fingerprint density at radius 1 is 1.27 bits per heavy atom. The highest BCUT2D eigenvalue weighted by Crippen LogP contribution is 2.13. The van der Waals surface area contributed by atoms with E-state index >= 15 is 0 Å². The fourth-order valence-corrected chi connectivity index (χ4v) is 4.86. The lowest BCUT2D eigenvalue weighted by atomic mass is 10.1. The second kappa shape index (κ2) is 12.5. The number of benzene rings is 1. The van der Waals surface area contributed by atoms with Gasteiger partial charge in [0.2, 0.25) is 15.9 Å². The van der Waals surface area contributed by atoms with E-state index in [1.165, 1.54) is 0 Å². The van der Waals surface area contributed by atoms with Crippen LogP contribution < -0.4 is 15.4 Å². The van der Waals surface area contributed by atoms with Gasteiger partial charge in [0, 0.05) is 45.2 Å². The molecule has 1 aliphatic rings. The van der Waals surface area contributed by atoms with Gasteiger partial charge in [-0.05, 0) is 31.4 Å². The molecule has 1 aromatic rings. The molecule has 1 aromatic carbocycles. The standard InChI is InChI=1S/C20H33N5O3S.HI/c1-5-19(26)25-11-10-18(13-25)23-20(21-4)22-12-16-8-6-7-9-17(16)14-29(27,28)24-15(2)3;/h6-9,15,18,24H,5,10-14H2,1-4H3,(H2,21,22,23);1H. The summed E-state index contributed by atoms with van der Waals surface area (Å²) in [5.41, 5.74) is 1.66. The number of halogens is 1. The zero-order valence-electron chi connectivity index (χ0n) is 18.1. The van der Waals surface area contributed by atoms with Gasteiger partial charge >= 0.3 is 0 Å². The van der Waals surface area contributed by atoms with E-state index in [9.17, 15) is 13.2 Å². The molecule has 1 atom stereocenters. The number of nitrogens with zero attached hydrogens (tertiary/aromatic N) is 2. The van der Waals surface area contributed by atoms with E-state index in [1.807, 2.05) is 36.1 Å². The van der Waals surface area contributed by atoms with Crippen molar-refractivity contribution in [2.75, 3.05) is 20.1 Å². The molecule has 0 bridgehead atoms. The number of rotatable bonds is 8. The van der Waals surface area contributed by atoms with Crippen LogP contribution in [0.2, 0.25) is 0 Å². The first kappa shape index (κ1) is 26.6. The number of carbonyl (C=O) groups excluding carboxylic acids is 1. The molecule has 0 radical (unpaired) electrons. The molecule has 1 fully saturated rings. The van der Waals surface area contributed by atoms with Gasteiger partial charge in [-0.3, -0.25) is 9.79 Å². The van der Waals surface area contributed by atoms with Crippen molar-refractivity contribution in [3.8, 4) is 0 Å². The minimum absolute atomic E-state index is 0. The van der Waals surface area contributed by atoms with Crippen molar-refractivity contribution in [2.45, 2.75) is 58.0 Å². The molecule has 0 saturated carbocycles. The molecule has 0 aromatic heterocycles. The molecule has 1 saturated heterocycles. The number of carbonyl (C=O) groups is 1.